The number of carbonyl (C=O) groups is 2. The Bertz CT molecular complexity index is 504. The molecule has 1 heterocycles. The molecule has 1 aliphatic heterocycles. The van der Waals surface area contributed by atoms with E-state index >= 15 is 0 Å². The van der Waals surface area contributed by atoms with E-state index in [0.717, 1.165) is 5.56 Å². The van der Waals surface area contributed by atoms with Gasteiger partial charge in [-0.2, -0.15) is 0 Å². The van der Waals surface area contributed by atoms with Crippen molar-refractivity contribution in [3.63, 3.8) is 0 Å². The van der Waals surface area contributed by atoms with Crippen molar-refractivity contribution in [2.45, 2.75) is 13.0 Å². The van der Waals surface area contributed by atoms with Crippen LogP contribution in [0.15, 0.2) is 18.2 Å². The highest BCUT2D eigenvalue weighted by Crippen LogP contribution is 2.25. The second kappa shape index (κ2) is 5.16. The van der Waals surface area contributed by atoms with Crippen molar-refractivity contribution >= 4 is 35.1 Å². The standard InChI is InChI=1S/C12H11Cl2NO3/c13-9-2-1-7(10(14)4-9)5-15-6-8(12(17)18)3-11(15)16/h1-2,4,8H,3,5-6H2,(H,17,18)/p-1/t8-/m0/s1. The number of carboxylic acids is 1. The number of likely N-dealkylation sites (tertiary alicyclic amines) is 1. The lowest BCUT2D eigenvalue weighted by atomic mass is 10.1. The van der Waals surface area contributed by atoms with Gasteiger partial charge in [-0.3, -0.25) is 4.79 Å². The number of benzene rings is 1. The zero-order chi connectivity index (χ0) is 13.3. The number of hydrogen-bond donors (Lipinski definition) is 0. The van der Waals surface area contributed by atoms with Crippen molar-refractivity contribution in [2.75, 3.05) is 6.54 Å². The van der Waals surface area contributed by atoms with E-state index in [2.05, 4.69) is 0 Å². The molecule has 1 aromatic carbocycles. The third-order valence-electron chi connectivity index (χ3n) is 2.92. The van der Waals surface area contributed by atoms with Crippen molar-refractivity contribution in [2.24, 2.45) is 5.92 Å². The van der Waals surface area contributed by atoms with E-state index in [4.69, 9.17) is 23.2 Å². The van der Waals surface area contributed by atoms with Crippen LogP contribution in [0.25, 0.3) is 0 Å². The maximum atomic E-state index is 11.6. The Morgan fingerprint density at radius 3 is 2.72 bits per heavy atom. The quantitative estimate of drug-likeness (QED) is 0.836. The second-order valence-electron chi connectivity index (χ2n) is 4.23. The molecule has 1 aromatic rings. The third kappa shape index (κ3) is 2.76. The molecule has 0 unspecified atom stereocenters. The van der Waals surface area contributed by atoms with Crippen LogP contribution in [0.1, 0.15) is 12.0 Å². The first-order chi connectivity index (χ1) is 8.47. The number of halogens is 2. The summed E-state index contributed by atoms with van der Waals surface area (Å²) in [5, 5.41) is 11.7. The van der Waals surface area contributed by atoms with Gasteiger partial charge in [0.2, 0.25) is 5.91 Å². The van der Waals surface area contributed by atoms with E-state index in [1.165, 1.54) is 4.90 Å². The lowest BCUT2D eigenvalue weighted by molar-refractivity contribution is -0.311. The first-order valence-electron chi connectivity index (χ1n) is 5.40. The fourth-order valence-electron chi connectivity index (χ4n) is 1.94. The van der Waals surface area contributed by atoms with Crippen molar-refractivity contribution in [3.05, 3.63) is 33.8 Å². The van der Waals surface area contributed by atoms with Crippen LogP contribution in [-0.2, 0) is 16.1 Å². The summed E-state index contributed by atoms with van der Waals surface area (Å²) in [6.07, 6.45) is -0.00641. The minimum Gasteiger partial charge on any atom is -0.550 e. The average Bonchev–Trinajstić information content (AvgIpc) is 2.64. The normalized spacial score (nSPS) is 19.3. The molecule has 0 radical (unpaired) electrons. The van der Waals surface area contributed by atoms with Gasteiger partial charge in [0.1, 0.15) is 0 Å². The van der Waals surface area contributed by atoms with Crippen LogP contribution in [0.4, 0.5) is 0 Å². The van der Waals surface area contributed by atoms with Crippen molar-refractivity contribution < 1.29 is 14.7 Å². The van der Waals surface area contributed by atoms with Gasteiger partial charge in [0.05, 0.1) is 0 Å². The van der Waals surface area contributed by atoms with Crippen molar-refractivity contribution in [1.82, 2.24) is 4.90 Å². The van der Waals surface area contributed by atoms with Crippen LogP contribution in [0.5, 0.6) is 0 Å². The van der Waals surface area contributed by atoms with E-state index in [9.17, 15) is 14.7 Å². The van der Waals surface area contributed by atoms with Crippen LogP contribution in [-0.4, -0.2) is 23.3 Å². The van der Waals surface area contributed by atoms with Gasteiger partial charge < -0.3 is 14.8 Å². The Morgan fingerprint density at radius 2 is 2.17 bits per heavy atom. The SMILES string of the molecule is O=C([O-])[C@H]1CC(=O)N(Cc2ccc(Cl)cc2Cl)C1. The molecule has 18 heavy (non-hydrogen) atoms. The summed E-state index contributed by atoms with van der Waals surface area (Å²) < 4.78 is 0. The van der Waals surface area contributed by atoms with Crippen LogP contribution in [0, 0.1) is 5.92 Å². The molecule has 1 fully saturated rings. The van der Waals surface area contributed by atoms with E-state index in [0.29, 0.717) is 16.6 Å². The van der Waals surface area contributed by atoms with Crippen LogP contribution in [0.2, 0.25) is 10.0 Å². The molecule has 0 N–H and O–H groups in total. The summed E-state index contributed by atoms with van der Waals surface area (Å²) in [6, 6.07) is 5.00. The minimum atomic E-state index is -1.19. The zero-order valence-electron chi connectivity index (χ0n) is 9.36. The van der Waals surface area contributed by atoms with E-state index in [-0.39, 0.29) is 18.9 Å². The van der Waals surface area contributed by atoms with Gasteiger partial charge in [-0.05, 0) is 17.7 Å². The molecule has 0 aliphatic carbocycles. The molecule has 0 saturated carbocycles. The van der Waals surface area contributed by atoms with Gasteiger partial charge in [0, 0.05) is 41.4 Å². The summed E-state index contributed by atoms with van der Waals surface area (Å²) in [6.45, 7) is 0.457. The highest BCUT2D eigenvalue weighted by Gasteiger charge is 2.30. The monoisotopic (exact) mass is 286 g/mol. The first-order valence-corrected chi connectivity index (χ1v) is 6.15. The van der Waals surface area contributed by atoms with E-state index in [1.807, 2.05) is 0 Å². The predicted octanol–water partition coefficient (Wildman–Crippen LogP) is 1.09. The summed E-state index contributed by atoms with van der Waals surface area (Å²) in [4.78, 5) is 23.8. The molecule has 4 nitrogen and oxygen atoms in total. The molecule has 0 spiro atoms. The molecule has 1 amide bonds. The van der Waals surface area contributed by atoms with Crippen LogP contribution in [0.3, 0.4) is 0 Å². The average molecular weight is 287 g/mol. The smallest absolute Gasteiger partial charge is 0.223 e. The lowest BCUT2D eigenvalue weighted by Crippen LogP contribution is -2.33. The second-order valence-corrected chi connectivity index (χ2v) is 5.07. The Balaban J connectivity index is 2.10. The van der Waals surface area contributed by atoms with Gasteiger partial charge in [-0.1, -0.05) is 29.3 Å². The summed E-state index contributed by atoms with van der Waals surface area (Å²) in [5.74, 6) is -2.12. The Kier molecular flexibility index (Phi) is 3.78. The Labute approximate surface area is 114 Å². The fourth-order valence-corrected chi connectivity index (χ4v) is 2.41. The maximum absolute atomic E-state index is 11.6. The maximum Gasteiger partial charge on any atom is 0.223 e. The van der Waals surface area contributed by atoms with Gasteiger partial charge in [0.25, 0.3) is 0 Å². The zero-order valence-corrected chi connectivity index (χ0v) is 10.9. The molecular formula is C12H10Cl2NO3-. The largest absolute Gasteiger partial charge is 0.550 e. The molecular weight excluding hydrogens is 277 g/mol. The molecule has 0 bridgehead atoms. The van der Waals surface area contributed by atoms with Gasteiger partial charge in [0.15, 0.2) is 0 Å². The topological polar surface area (TPSA) is 60.4 Å². The Morgan fingerprint density at radius 1 is 1.44 bits per heavy atom. The lowest BCUT2D eigenvalue weighted by Gasteiger charge is -2.18. The highest BCUT2D eigenvalue weighted by atomic mass is 35.5. The molecule has 96 valence electrons. The van der Waals surface area contributed by atoms with E-state index in [1.54, 1.807) is 18.2 Å². The molecule has 1 saturated heterocycles. The number of nitrogens with zero attached hydrogens (tertiary/aromatic N) is 1. The number of amides is 1. The first kappa shape index (κ1) is 13.2. The molecule has 0 aromatic heterocycles. The van der Waals surface area contributed by atoms with Gasteiger partial charge in [-0.25, -0.2) is 0 Å². The number of rotatable bonds is 3. The predicted molar refractivity (Wildman–Crippen MR) is 65.0 cm³/mol. The summed E-state index contributed by atoms with van der Waals surface area (Å²) >= 11 is 11.8. The summed E-state index contributed by atoms with van der Waals surface area (Å²) in [5.41, 5.74) is 0.744. The van der Waals surface area contributed by atoms with Crippen LogP contribution < -0.4 is 5.11 Å². The number of hydrogen-bond acceptors (Lipinski definition) is 3. The molecule has 6 heteroatoms. The highest BCUT2D eigenvalue weighted by molar-refractivity contribution is 6.35. The minimum absolute atomic E-state index is 0.00641. The number of carbonyl (C=O) groups excluding carboxylic acids is 2. The van der Waals surface area contributed by atoms with Crippen LogP contribution >= 0.6 is 23.2 Å². The molecule has 2 rings (SSSR count). The van der Waals surface area contributed by atoms with Crippen molar-refractivity contribution in [3.8, 4) is 0 Å². The third-order valence-corrected chi connectivity index (χ3v) is 3.51. The van der Waals surface area contributed by atoms with Crippen molar-refractivity contribution in [1.29, 1.82) is 0 Å². The summed E-state index contributed by atoms with van der Waals surface area (Å²) in [7, 11) is 0. The molecule has 1 aliphatic rings. The number of carboxylic acid groups (broad SMARTS) is 1. The van der Waals surface area contributed by atoms with E-state index < -0.39 is 11.9 Å². The number of aliphatic carboxylic acids is 1. The fraction of sp³-hybridized carbons (Fsp3) is 0.333. The van der Waals surface area contributed by atoms with Gasteiger partial charge >= 0.3 is 0 Å². The van der Waals surface area contributed by atoms with Gasteiger partial charge in [-0.15, -0.1) is 0 Å². The Hall–Kier alpha value is -1.26. The molecule has 1 atom stereocenters.